The van der Waals surface area contributed by atoms with E-state index in [-0.39, 0.29) is 18.0 Å². The first-order chi connectivity index (χ1) is 10.1. The van der Waals surface area contributed by atoms with Gasteiger partial charge in [0.2, 0.25) is 0 Å². The van der Waals surface area contributed by atoms with Gasteiger partial charge in [-0.15, -0.1) is 0 Å². The quantitative estimate of drug-likeness (QED) is 0.842. The van der Waals surface area contributed by atoms with Crippen LogP contribution in [0, 0.1) is 17.7 Å². The van der Waals surface area contributed by atoms with Crippen molar-refractivity contribution < 1.29 is 14.3 Å². The Morgan fingerprint density at radius 2 is 2.29 bits per heavy atom. The summed E-state index contributed by atoms with van der Waals surface area (Å²) in [6, 6.07) is 5.82. The number of anilines is 1. The number of aryl methyl sites for hydroxylation is 1. The molecule has 21 heavy (non-hydrogen) atoms. The van der Waals surface area contributed by atoms with Crippen molar-refractivity contribution in [2.45, 2.75) is 6.42 Å². The van der Waals surface area contributed by atoms with Gasteiger partial charge in [0.25, 0.3) is 5.91 Å². The molecule has 0 aliphatic carbocycles. The Balaban J connectivity index is 2.11. The topological polar surface area (TPSA) is 67.2 Å². The van der Waals surface area contributed by atoms with Crippen LogP contribution in [0.15, 0.2) is 30.5 Å². The molecule has 1 aromatic carbocycles. The maximum Gasteiger partial charge on any atom is 0.276 e. The molecule has 0 aliphatic heterocycles. The highest BCUT2D eigenvalue weighted by Crippen LogP contribution is 2.16. The number of nitrogens with one attached hydrogen (secondary N) is 1. The summed E-state index contributed by atoms with van der Waals surface area (Å²) in [6.45, 7) is -0.0340. The molecule has 2 aromatic rings. The lowest BCUT2D eigenvalue weighted by molar-refractivity contribution is 0.102. The molecule has 1 heterocycles. The van der Waals surface area contributed by atoms with Crippen molar-refractivity contribution in [1.29, 1.82) is 0 Å². The van der Waals surface area contributed by atoms with Crippen LogP contribution in [0.25, 0.3) is 0 Å². The van der Waals surface area contributed by atoms with Gasteiger partial charge in [0.05, 0.1) is 12.3 Å². The zero-order valence-corrected chi connectivity index (χ0v) is 11.4. The number of aromatic nitrogens is 2. The fourth-order valence-electron chi connectivity index (χ4n) is 1.64. The van der Waals surface area contributed by atoms with E-state index in [4.69, 9.17) is 5.11 Å². The Labute approximate surface area is 121 Å². The molecule has 2 N–H and O–H groups in total. The molecule has 0 saturated carbocycles. The van der Waals surface area contributed by atoms with Crippen molar-refractivity contribution in [3.8, 4) is 11.8 Å². The Morgan fingerprint density at radius 1 is 1.48 bits per heavy atom. The fraction of sp³-hybridized carbons (Fsp3) is 0.200. The van der Waals surface area contributed by atoms with Crippen molar-refractivity contribution >= 4 is 11.6 Å². The van der Waals surface area contributed by atoms with E-state index in [1.807, 2.05) is 0 Å². The lowest BCUT2D eigenvalue weighted by Gasteiger charge is -2.05. The predicted octanol–water partition coefficient (Wildman–Crippen LogP) is 1.55. The third-order valence-electron chi connectivity index (χ3n) is 2.63. The molecule has 108 valence electrons. The smallest absolute Gasteiger partial charge is 0.276 e. The number of hydrogen-bond donors (Lipinski definition) is 2. The van der Waals surface area contributed by atoms with Crippen LogP contribution in [0.4, 0.5) is 10.1 Å². The predicted molar refractivity (Wildman–Crippen MR) is 76.1 cm³/mol. The van der Waals surface area contributed by atoms with Crippen LogP contribution < -0.4 is 5.32 Å². The van der Waals surface area contributed by atoms with Crippen LogP contribution >= 0.6 is 0 Å². The van der Waals surface area contributed by atoms with Crippen LogP contribution in [0.2, 0.25) is 0 Å². The van der Waals surface area contributed by atoms with Gasteiger partial charge in [0.15, 0.2) is 5.69 Å². The van der Waals surface area contributed by atoms with Crippen LogP contribution in [0.5, 0.6) is 0 Å². The molecule has 2 rings (SSSR count). The molecule has 0 fully saturated rings. The summed E-state index contributed by atoms with van der Waals surface area (Å²) in [6.07, 6.45) is 1.96. The van der Waals surface area contributed by atoms with E-state index in [1.54, 1.807) is 25.4 Å². The molecule has 0 atom stereocenters. The van der Waals surface area contributed by atoms with Gasteiger partial charge in [-0.25, -0.2) is 4.39 Å². The highest BCUT2D eigenvalue weighted by Gasteiger charge is 2.11. The van der Waals surface area contributed by atoms with Crippen LogP contribution in [0.3, 0.4) is 0 Å². The van der Waals surface area contributed by atoms with Gasteiger partial charge < -0.3 is 10.4 Å². The standard InChI is InChI=1S/C15H14FN3O2/c1-19-8-7-14(18-19)15(21)17-13-6-5-11(10-12(13)16)4-2-3-9-20/h5-8,10,20H,3,9H2,1H3,(H,17,21). The zero-order chi connectivity index (χ0) is 15.2. The van der Waals surface area contributed by atoms with Crippen molar-refractivity contribution in [2.75, 3.05) is 11.9 Å². The number of aliphatic hydroxyl groups excluding tert-OH is 1. The fourth-order valence-corrected chi connectivity index (χ4v) is 1.64. The third-order valence-corrected chi connectivity index (χ3v) is 2.63. The molecule has 1 aromatic heterocycles. The highest BCUT2D eigenvalue weighted by molar-refractivity contribution is 6.02. The van der Waals surface area contributed by atoms with Gasteiger partial charge in [-0.05, 0) is 24.3 Å². The Bertz CT molecular complexity index is 713. The summed E-state index contributed by atoms with van der Waals surface area (Å²) in [5, 5.41) is 15.0. The maximum atomic E-state index is 13.9. The van der Waals surface area contributed by atoms with Gasteiger partial charge in [0.1, 0.15) is 5.82 Å². The second-order valence-corrected chi connectivity index (χ2v) is 4.30. The molecule has 5 nitrogen and oxygen atoms in total. The lowest BCUT2D eigenvalue weighted by atomic mass is 10.2. The number of carbonyl (C=O) groups is 1. The number of hydrogen-bond acceptors (Lipinski definition) is 3. The highest BCUT2D eigenvalue weighted by atomic mass is 19.1. The lowest BCUT2D eigenvalue weighted by Crippen LogP contribution is -2.14. The molecule has 6 heteroatoms. The normalized spacial score (nSPS) is 9.86. The van der Waals surface area contributed by atoms with Gasteiger partial charge in [-0.3, -0.25) is 9.48 Å². The van der Waals surface area contributed by atoms with Crippen molar-refractivity contribution in [1.82, 2.24) is 9.78 Å². The Morgan fingerprint density at radius 3 is 2.90 bits per heavy atom. The third kappa shape index (κ3) is 3.91. The average molecular weight is 287 g/mol. The van der Waals surface area contributed by atoms with E-state index in [0.717, 1.165) is 0 Å². The molecule has 0 radical (unpaired) electrons. The van der Waals surface area contributed by atoms with E-state index in [1.165, 1.54) is 16.8 Å². The summed E-state index contributed by atoms with van der Waals surface area (Å²) in [4.78, 5) is 11.9. The van der Waals surface area contributed by atoms with Crippen molar-refractivity contribution in [3.05, 3.63) is 47.5 Å². The number of nitrogens with zero attached hydrogens (tertiary/aromatic N) is 2. The summed E-state index contributed by atoms with van der Waals surface area (Å²) in [5.74, 6) is 4.37. The van der Waals surface area contributed by atoms with Crippen molar-refractivity contribution in [2.24, 2.45) is 7.05 Å². The minimum Gasteiger partial charge on any atom is -0.395 e. The molecular weight excluding hydrogens is 273 g/mol. The molecule has 0 saturated heterocycles. The van der Waals surface area contributed by atoms with Gasteiger partial charge in [-0.2, -0.15) is 5.10 Å². The summed E-state index contributed by atoms with van der Waals surface area (Å²) >= 11 is 0. The van der Waals surface area contributed by atoms with Gasteiger partial charge in [-0.1, -0.05) is 11.8 Å². The molecular formula is C15H14FN3O2. The number of benzene rings is 1. The van der Waals surface area contributed by atoms with E-state index < -0.39 is 11.7 Å². The minimum atomic E-state index is -0.574. The van der Waals surface area contributed by atoms with Crippen molar-refractivity contribution in [3.63, 3.8) is 0 Å². The van der Waals surface area contributed by atoms with E-state index in [9.17, 15) is 9.18 Å². The summed E-state index contributed by atoms with van der Waals surface area (Å²) in [7, 11) is 1.69. The first kappa shape index (κ1) is 14.8. The molecule has 0 spiro atoms. The van der Waals surface area contributed by atoms with Gasteiger partial charge >= 0.3 is 0 Å². The molecule has 0 aliphatic rings. The second kappa shape index (κ2) is 6.68. The van der Waals surface area contributed by atoms with Crippen LogP contribution in [-0.4, -0.2) is 27.4 Å². The number of carbonyl (C=O) groups excluding carboxylic acids is 1. The number of halogens is 1. The first-order valence-corrected chi connectivity index (χ1v) is 6.30. The summed E-state index contributed by atoms with van der Waals surface area (Å²) in [5.41, 5.74) is 0.763. The number of rotatable bonds is 3. The van der Waals surface area contributed by atoms with Crippen LogP contribution in [-0.2, 0) is 7.05 Å². The largest absolute Gasteiger partial charge is 0.395 e. The zero-order valence-electron chi connectivity index (χ0n) is 11.4. The SMILES string of the molecule is Cn1ccc(C(=O)Nc2ccc(C#CCCO)cc2F)n1. The Hall–Kier alpha value is -2.65. The average Bonchev–Trinajstić information content (AvgIpc) is 2.89. The maximum absolute atomic E-state index is 13.9. The number of aliphatic hydroxyl groups is 1. The van der Waals surface area contributed by atoms with E-state index >= 15 is 0 Å². The summed E-state index contributed by atoms with van der Waals surface area (Å²) < 4.78 is 15.4. The minimum absolute atomic E-state index is 0.0340. The number of amides is 1. The monoisotopic (exact) mass is 287 g/mol. The molecule has 0 unspecified atom stereocenters. The first-order valence-electron chi connectivity index (χ1n) is 6.30. The van der Waals surface area contributed by atoms with E-state index in [2.05, 4.69) is 22.3 Å². The molecule has 0 bridgehead atoms. The van der Waals surface area contributed by atoms with Gasteiger partial charge in [0, 0.05) is 25.2 Å². The second-order valence-electron chi connectivity index (χ2n) is 4.30. The van der Waals surface area contributed by atoms with Crippen LogP contribution in [0.1, 0.15) is 22.5 Å². The van der Waals surface area contributed by atoms with E-state index in [0.29, 0.717) is 12.0 Å². The Kier molecular flexibility index (Phi) is 4.69. The molecule has 1 amide bonds.